The van der Waals surface area contributed by atoms with Crippen molar-refractivity contribution in [3.8, 4) is 5.88 Å². The van der Waals surface area contributed by atoms with E-state index in [1.807, 2.05) is 0 Å². The quantitative estimate of drug-likeness (QED) is 0.722. The van der Waals surface area contributed by atoms with Crippen molar-refractivity contribution in [3.05, 3.63) is 11.3 Å². The van der Waals surface area contributed by atoms with Gasteiger partial charge >= 0.3 is 0 Å². The zero-order chi connectivity index (χ0) is 10.1. The molecule has 0 unspecified atom stereocenters. The predicted molar refractivity (Wildman–Crippen MR) is 55.8 cm³/mol. The number of hydrogen-bond donors (Lipinski definition) is 0. The Kier molecular flexibility index (Phi) is 2.48. The molecule has 0 saturated heterocycles. The third-order valence-electron chi connectivity index (χ3n) is 2.87. The van der Waals surface area contributed by atoms with Gasteiger partial charge in [-0.2, -0.15) is 0 Å². The molecule has 1 aromatic rings. The van der Waals surface area contributed by atoms with Crippen LogP contribution < -0.4 is 4.74 Å². The van der Waals surface area contributed by atoms with Crippen LogP contribution in [0.1, 0.15) is 43.9 Å². The Hall–Kier alpha value is -0.990. The fourth-order valence-electron chi connectivity index (χ4n) is 2.22. The van der Waals surface area contributed by atoms with Crippen molar-refractivity contribution < 1.29 is 4.74 Å². The Labute approximate surface area is 85.1 Å². The maximum atomic E-state index is 5.33. The minimum absolute atomic E-state index is 0.506. The fraction of sp³-hybridized carbons (Fsp3) is 0.727. The molecule has 0 radical (unpaired) electrons. The van der Waals surface area contributed by atoms with Gasteiger partial charge in [-0.3, -0.25) is 4.68 Å². The molecule has 0 bridgehead atoms. The number of aromatic nitrogens is 2. The van der Waals surface area contributed by atoms with E-state index in [9.17, 15) is 0 Å². The summed E-state index contributed by atoms with van der Waals surface area (Å²) in [7, 11) is 1.71. The molecule has 78 valence electrons. The molecular weight excluding hydrogens is 176 g/mol. The molecule has 0 atom stereocenters. The minimum Gasteiger partial charge on any atom is -0.480 e. The average Bonchev–Trinajstić information content (AvgIpc) is 2.55. The van der Waals surface area contributed by atoms with E-state index in [4.69, 9.17) is 4.74 Å². The summed E-state index contributed by atoms with van der Waals surface area (Å²) in [6, 6.07) is 0. The van der Waals surface area contributed by atoms with Gasteiger partial charge in [-0.05, 0) is 25.2 Å². The van der Waals surface area contributed by atoms with Crippen molar-refractivity contribution in [2.45, 2.75) is 45.6 Å². The van der Waals surface area contributed by atoms with E-state index in [1.54, 1.807) is 7.11 Å². The zero-order valence-electron chi connectivity index (χ0n) is 9.21. The van der Waals surface area contributed by atoms with Crippen LogP contribution in [0.4, 0.5) is 0 Å². The lowest BCUT2D eigenvalue weighted by atomic mass is 9.98. The van der Waals surface area contributed by atoms with Gasteiger partial charge in [0.1, 0.15) is 0 Å². The highest BCUT2D eigenvalue weighted by Gasteiger charge is 2.22. The van der Waals surface area contributed by atoms with Crippen LogP contribution in [0, 0.1) is 0 Å². The SMILES string of the molecule is COc1nn2c(c1C(C)C)CCCC2. The minimum atomic E-state index is 0.506. The average molecular weight is 194 g/mol. The molecule has 0 N–H and O–H groups in total. The first kappa shape index (κ1) is 9.56. The highest BCUT2D eigenvalue weighted by molar-refractivity contribution is 5.35. The Morgan fingerprint density at radius 2 is 2.14 bits per heavy atom. The molecule has 0 fully saturated rings. The number of ether oxygens (including phenoxy) is 1. The third kappa shape index (κ3) is 1.41. The predicted octanol–water partition coefficient (Wildman–Crippen LogP) is 2.35. The van der Waals surface area contributed by atoms with Crippen LogP contribution in [-0.2, 0) is 13.0 Å². The van der Waals surface area contributed by atoms with Crippen LogP contribution in [-0.4, -0.2) is 16.9 Å². The third-order valence-corrected chi connectivity index (χ3v) is 2.87. The van der Waals surface area contributed by atoms with Gasteiger partial charge in [0.2, 0.25) is 5.88 Å². The van der Waals surface area contributed by atoms with Gasteiger partial charge in [-0.15, -0.1) is 5.10 Å². The fourth-order valence-corrected chi connectivity index (χ4v) is 2.22. The van der Waals surface area contributed by atoms with Crippen molar-refractivity contribution >= 4 is 0 Å². The first-order chi connectivity index (χ1) is 6.74. The summed E-state index contributed by atoms with van der Waals surface area (Å²) >= 11 is 0. The highest BCUT2D eigenvalue weighted by Crippen LogP contribution is 2.32. The molecule has 1 aromatic heterocycles. The topological polar surface area (TPSA) is 27.1 Å². The van der Waals surface area contributed by atoms with Crippen LogP contribution >= 0.6 is 0 Å². The number of nitrogens with zero attached hydrogens (tertiary/aromatic N) is 2. The van der Waals surface area contributed by atoms with Crippen molar-refractivity contribution in [1.82, 2.24) is 9.78 Å². The smallest absolute Gasteiger partial charge is 0.236 e. The van der Waals surface area contributed by atoms with Gasteiger partial charge in [0.15, 0.2) is 0 Å². The number of rotatable bonds is 2. The van der Waals surface area contributed by atoms with Gasteiger partial charge < -0.3 is 4.74 Å². The standard InChI is InChI=1S/C11H18N2O/c1-8(2)10-9-6-4-5-7-13(9)12-11(10)14-3/h8H,4-7H2,1-3H3. The van der Waals surface area contributed by atoms with Gasteiger partial charge in [-0.1, -0.05) is 13.8 Å². The van der Waals surface area contributed by atoms with Crippen LogP contribution in [0.3, 0.4) is 0 Å². The second-order valence-electron chi connectivity index (χ2n) is 4.20. The maximum Gasteiger partial charge on any atom is 0.236 e. The molecule has 2 rings (SSSR count). The molecule has 0 aliphatic carbocycles. The van der Waals surface area contributed by atoms with Crippen LogP contribution in [0.5, 0.6) is 5.88 Å². The van der Waals surface area contributed by atoms with E-state index in [0.717, 1.165) is 18.8 Å². The summed E-state index contributed by atoms with van der Waals surface area (Å²) in [6.45, 7) is 5.46. The Balaban J connectivity index is 2.48. The molecule has 14 heavy (non-hydrogen) atoms. The second-order valence-corrected chi connectivity index (χ2v) is 4.20. The number of hydrogen-bond acceptors (Lipinski definition) is 2. The normalized spacial score (nSPS) is 15.7. The van der Waals surface area contributed by atoms with Crippen molar-refractivity contribution in [2.24, 2.45) is 0 Å². The highest BCUT2D eigenvalue weighted by atomic mass is 16.5. The molecule has 0 amide bonds. The Morgan fingerprint density at radius 3 is 2.79 bits per heavy atom. The number of fused-ring (bicyclic) bond motifs is 1. The molecule has 0 aromatic carbocycles. The zero-order valence-corrected chi connectivity index (χ0v) is 9.21. The lowest BCUT2D eigenvalue weighted by molar-refractivity contribution is 0.380. The van der Waals surface area contributed by atoms with Crippen molar-refractivity contribution in [3.63, 3.8) is 0 Å². The largest absolute Gasteiger partial charge is 0.480 e. The van der Waals surface area contributed by atoms with Crippen LogP contribution in [0.15, 0.2) is 0 Å². The molecule has 3 heteroatoms. The summed E-state index contributed by atoms with van der Waals surface area (Å²) in [5.41, 5.74) is 2.70. The van der Waals surface area contributed by atoms with Gasteiger partial charge in [-0.25, -0.2) is 0 Å². The first-order valence-corrected chi connectivity index (χ1v) is 5.37. The summed E-state index contributed by atoms with van der Waals surface area (Å²) in [4.78, 5) is 0. The van der Waals surface area contributed by atoms with E-state index < -0.39 is 0 Å². The van der Waals surface area contributed by atoms with Crippen LogP contribution in [0.25, 0.3) is 0 Å². The van der Waals surface area contributed by atoms with E-state index in [0.29, 0.717) is 5.92 Å². The number of aryl methyl sites for hydroxylation is 1. The molecule has 0 spiro atoms. The lowest BCUT2D eigenvalue weighted by Crippen LogP contribution is -2.12. The Bertz CT molecular complexity index is 328. The molecule has 3 nitrogen and oxygen atoms in total. The molecule has 1 aliphatic heterocycles. The van der Waals surface area contributed by atoms with Gasteiger partial charge in [0, 0.05) is 17.8 Å². The molecule has 1 aliphatic rings. The summed E-state index contributed by atoms with van der Waals surface area (Å²) < 4.78 is 7.45. The Morgan fingerprint density at radius 1 is 1.36 bits per heavy atom. The van der Waals surface area contributed by atoms with E-state index in [-0.39, 0.29) is 0 Å². The van der Waals surface area contributed by atoms with E-state index in [2.05, 4.69) is 23.6 Å². The van der Waals surface area contributed by atoms with Gasteiger partial charge in [0.25, 0.3) is 0 Å². The van der Waals surface area contributed by atoms with Gasteiger partial charge in [0.05, 0.1) is 7.11 Å². The summed E-state index contributed by atoms with van der Waals surface area (Å²) in [5.74, 6) is 1.34. The van der Waals surface area contributed by atoms with Crippen molar-refractivity contribution in [2.75, 3.05) is 7.11 Å². The summed E-state index contributed by atoms with van der Waals surface area (Å²) in [6.07, 6.45) is 3.69. The second kappa shape index (κ2) is 3.64. The summed E-state index contributed by atoms with van der Waals surface area (Å²) in [5, 5.41) is 4.48. The molecular formula is C11H18N2O. The first-order valence-electron chi connectivity index (χ1n) is 5.37. The van der Waals surface area contributed by atoms with E-state index in [1.165, 1.54) is 24.1 Å². The monoisotopic (exact) mass is 194 g/mol. The lowest BCUT2D eigenvalue weighted by Gasteiger charge is -2.15. The van der Waals surface area contributed by atoms with Crippen molar-refractivity contribution in [1.29, 1.82) is 0 Å². The van der Waals surface area contributed by atoms with Crippen LogP contribution in [0.2, 0.25) is 0 Å². The number of methoxy groups -OCH3 is 1. The van der Waals surface area contributed by atoms with E-state index >= 15 is 0 Å². The molecule has 0 saturated carbocycles. The maximum absolute atomic E-state index is 5.33. The molecule has 2 heterocycles.